The monoisotopic (exact) mass is 315 g/mol. The van der Waals surface area contributed by atoms with E-state index in [0.29, 0.717) is 12.6 Å². The van der Waals surface area contributed by atoms with E-state index in [4.69, 9.17) is 4.74 Å². The van der Waals surface area contributed by atoms with Crippen molar-refractivity contribution in [3.8, 4) is 5.75 Å². The molecule has 1 aromatic rings. The average Bonchev–Trinajstić information content (AvgIpc) is 3.16. The molecule has 2 rings (SSSR count). The van der Waals surface area contributed by atoms with Crippen molar-refractivity contribution in [1.82, 2.24) is 4.90 Å². The SMILES string of the molecule is CCN(C(=O)COc1cc(Br)ccc1F)C1CC1. The second kappa shape index (κ2) is 5.69. The molecule has 0 heterocycles. The van der Waals surface area contributed by atoms with Crippen LogP contribution >= 0.6 is 15.9 Å². The van der Waals surface area contributed by atoms with Crippen LogP contribution in [-0.2, 0) is 4.79 Å². The Morgan fingerprint density at radius 3 is 2.89 bits per heavy atom. The van der Waals surface area contributed by atoms with E-state index in [-0.39, 0.29) is 18.3 Å². The summed E-state index contributed by atoms with van der Waals surface area (Å²) in [6.07, 6.45) is 2.12. The first-order valence-corrected chi connectivity index (χ1v) is 6.78. The van der Waals surface area contributed by atoms with Gasteiger partial charge in [-0.3, -0.25) is 4.79 Å². The number of hydrogen-bond acceptors (Lipinski definition) is 2. The lowest BCUT2D eigenvalue weighted by molar-refractivity contribution is -0.133. The van der Waals surface area contributed by atoms with Gasteiger partial charge in [-0.15, -0.1) is 0 Å². The fourth-order valence-corrected chi connectivity index (χ4v) is 2.17. The summed E-state index contributed by atoms with van der Waals surface area (Å²) in [5.41, 5.74) is 0. The smallest absolute Gasteiger partial charge is 0.260 e. The van der Waals surface area contributed by atoms with Gasteiger partial charge in [-0.1, -0.05) is 15.9 Å². The molecule has 1 aromatic carbocycles. The van der Waals surface area contributed by atoms with Crippen LogP contribution in [0.1, 0.15) is 19.8 Å². The first kappa shape index (κ1) is 13.3. The van der Waals surface area contributed by atoms with Gasteiger partial charge in [-0.25, -0.2) is 4.39 Å². The Kier molecular flexibility index (Phi) is 4.22. The molecule has 1 saturated carbocycles. The molecule has 98 valence electrons. The fourth-order valence-electron chi connectivity index (χ4n) is 1.83. The van der Waals surface area contributed by atoms with Crippen LogP contribution in [0.15, 0.2) is 22.7 Å². The zero-order chi connectivity index (χ0) is 13.1. The van der Waals surface area contributed by atoms with E-state index >= 15 is 0 Å². The normalized spacial score (nSPS) is 14.4. The maximum Gasteiger partial charge on any atom is 0.260 e. The third-order valence-corrected chi connectivity index (χ3v) is 3.39. The Bertz CT molecular complexity index is 449. The number of likely N-dealkylation sites (N-methyl/N-ethyl adjacent to an activating group) is 1. The minimum atomic E-state index is -0.458. The van der Waals surface area contributed by atoms with E-state index in [9.17, 15) is 9.18 Å². The van der Waals surface area contributed by atoms with Crippen molar-refractivity contribution in [2.24, 2.45) is 0 Å². The maximum absolute atomic E-state index is 13.4. The molecule has 1 amide bonds. The molecule has 0 radical (unpaired) electrons. The summed E-state index contributed by atoms with van der Waals surface area (Å²) in [5, 5.41) is 0. The Labute approximate surface area is 114 Å². The van der Waals surface area contributed by atoms with Gasteiger partial charge in [0.05, 0.1) is 0 Å². The number of carbonyl (C=O) groups is 1. The molecule has 1 aliphatic carbocycles. The topological polar surface area (TPSA) is 29.5 Å². The van der Waals surface area contributed by atoms with Crippen LogP contribution in [0.25, 0.3) is 0 Å². The number of rotatable bonds is 5. The van der Waals surface area contributed by atoms with Gasteiger partial charge in [0.25, 0.3) is 5.91 Å². The second-order valence-electron chi connectivity index (χ2n) is 4.27. The molecule has 0 N–H and O–H groups in total. The molecule has 1 fully saturated rings. The van der Waals surface area contributed by atoms with E-state index in [1.54, 1.807) is 11.0 Å². The Balaban J connectivity index is 1.94. The Morgan fingerprint density at radius 1 is 1.56 bits per heavy atom. The number of amides is 1. The predicted molar refractivity (Wildman–Crippen MR) is 70.0 cm³/mol. The lowest BCUT2D eigenvalue weighted by Crippen LogP contribution is -2.36. The Morgan fingerprint density at radius 2 is 2.28 bits per heavy atom. The van der Waals surface area contributed by atoms with E-state index in [2.05, 4.69) is 15.9 Å². The summed E-state index contributed by atoms with van der Waals surface area (Å²) in [6.45, 7) is 2.50. The van der Waals surface area contributed by atoms with Crippen LogP contribution in [0.3, 0.4) is 0 Å². The van der Waals surface area contributed by atoms with Gasteiger partial charge < -0.3 is 9.64 Å². The highest BCUT2D eigenvalue weighted by molar-refractivity contribution is 9.10. The van der Waals surface area contributed by atoms with Crippen LogP contribution in [0.4, 0.5) is 4.39 Å². The highest BCUT2D eigenvalue weighted by atomic mass is 79.9. The van der Waals surface area contributed by atoms with Gasteiger partial charge >= 0.3 is 0 Å². The number of benzene rings is 1. The van der Waals surface area contributed by atoms with Gasteiger partial charge in [0.2, 0.25) is 0 Å². The molecule has 1 aliphatic rings. The molecule has 0 saturated heterocycles. The minimum absolute atomic E-state index is 0.0839. The van der Waals surface area contributed by atoms with Gasteiger partial charge in [0, 0.05) is 17.1 Å². The Hall–Kier alpha value is -1.10. The van der Waals surface area contributed by atoms with E-state index in [1.165, 1.54) is 12.1 Å². The largest absolute Gasteiger partial charge is 0.481 e. The molecule has 5 heteroatoms. The molecule has 18 heavy (non-hydrogen) atoms. The number of hydrogen-bond donors (Lipinski definition) is 0. The van der Waals surface area contributed by atoms with Crippen LogP contribution in [-0.4, -0.2) is 30.0 Å². The highest BCUT2D eigenvalue weighted by Crippen LogP contribution is 2.27. The average molecular weight is 316 g/mol. The molecule has 0 spiro atoms. The summed E-state index contributed by atoms with van der Waals surface area (Å²) < 4.78 is 19.4. The predicted octanol–water partition coefficient (Wildman–Crippen LogP) is 2.98. The molecular formula is C13H15BrFNO2. The molecule has 0 bridgehead atoms. The first-order valence-electron chi connectivity index (χ1n) is 5.99. The van der Waals surface area contributed by atoms with Crippen molar-refractivity contribution in [3.63, 3.8) is 0 Å². The maximum atomic E-state index is 13.4. The quantitative estimate of drug-likeness (QED) is 0.836. The van der Waals surface area contributed by atoms with Gasteiger partial charge in [-0.2, -0.15) is 0 Å². The molecule has 0 aromatic heterocycles. The number of ether oxygens (including phenoxy) is 1. The summed E-state index contributed by atoms with van der Waals surface area (Å²) in [4.78, 5) is 13.7. The van der Waals surface area contributed by atoms with Crippen molar-refractivity contribution in [1.29, 1.82) is 0 Å². The number of halogens is 2. The van der Waals surface area contributed by atoms with E-state index in [1.807, 2.05) is 6.92 Å². The third kappa shape index (κ3) is 3.22. The van der Waals surface area contributed by atoms with E-state index in [0.717, 1.165) is 17.3 Å². The summed E-state index contributed by atoms with van der Waals surface area (Å²) >= 11 is 3.24. The summed E-state index contributed by atoms with van der Waals surface area (Å²) in [6, 6.07) is 4.78. The van der Waals surface area contributed by atoms with Crippen LogP contribution in [0.5, 0.6) is 5.75 Å². The molecule has 0 atom stereocenters. The lowest BCUT2D eigenvalue weighted by atomic mass is 10.3. The van der Waals surface area contributed by atoms with Crippen molar-refractivity contribution in [3.05, 3.63) is 28.5 Å². The number of carbonyl (C=O) groups excluding carboxylic acids is 1. The van der Waals surface area contributed by atoms with Crippen molar-refractivity contribution in [2.45, 2.75) is 25.8 Å². The van der Waals surface area contributed by atoms with Crippen molar-refractivity contribution >= 4 is 21.8 Å². The molecule has 0 unspecified atom stereocenters. The standard InChI is InChI=1S/C13H15BrFNO2/c1-2-16(10-4-5-10)13(17)8-18-12-7-9(14)3-6-11(12)15/h3,6-7,10H,2,4-5,8H2,1H3. The van der Waals surface area contributed by atoms with Gasteiger partial charge in [-0.05, 0) is 38.0 Å². The first-order chi connectivity index (χ1) is 8.61. The zero-order valence-electron chi connectivity index (χ0n) is 10.2. The zero-order valence-corrected chi connectivity index (χ0v) is 11.7. The lowest BCUT2D eigenvalue weighted by Gasteiger charge is -2.20. The summed E-state index contributed by atoms with van der Waals surface area (Å²) in [5.74, 6) is -0.440. The van der Waals surface area contributed by atoms with Crippen LogP contribution < -0.4 is 4.74 Å². The van der Waals surface area contributed by atoms with Crippen molar-refractivity contribution in [2.75, 3.05) is 13.2 Å². The minimum Gasteiger partial charge on any atom is -0.481 e. The van der Waals surface area contributed by atoms with Crippen molar-refractivity contribution < 1.29 is 13.9 Å². The second-order valence-corrected chi connectivity index (χ2v) is 5.19. The summed E-state index contributed by atoms with van der Waals surface area (Å²) in [7, 11) is 0. The van der Waals surface area contributed by atoms with Gasteiger partial charge in [0.1, 0.15) is 0 Å². The molecule has 3 nitrogen and oxygen atoms in total. The fraction of sp³-hybridized carbons (Fsp3) is 0.462. The molecular weight excluding hydrogens is 301 g/mol. The van der Waals surface area contributed by atoms with Crippen LogP contribution in [0.2, 0.25) is 0 Å². The number of nitrogens with zero attached hydrogens (tertiary/aromatic N) is 1. The van der Waals surface area contributed by atoms with Crippen LogP contribution in [0, 0.1) is 5.82 Å². The van der Waals surface area contributed by atoms with E-state index < -0.39 is 5.82 Å². The molecule has 0 aliphatic heterocycles. The van der Waals surface area contributed by atoms with Gasteiger partial charge in [0.15, 0.2) is 18.2 Å². The third-order valence-electron chi connectivity index (χ3n) is 2.89. The highest BCUT2D eigenvalue weighted by Gasteiger charge is 2.31.